The van der Waals surface area contributed by atoms with Gasteiger partial charge in [0.2, 0.25) is 11.8 Å². The van der Waals surface area contributed by atoms with E-state index < -0.39 is 0 Å². The SMILES string of the molecule is COc1ccc(NC(=O)CN2C(=O)CCCc3ccccc32)cc1. The molecule has 2 aromatic carbocycles. The number of fused-ring (bicyclic) bond motifs is 1. The Morgan fingerprint density at radius 3 is 2.62 bits per heavy atom. The van der Waals surface area contributed by atoms with Crippen LogP contribution in [0.2, 0.25) is 0 Å². The highest BCUT2D eigenvalue weighted by Crippen LogP contribution is 2.26. The Morgan fingerprint density at radius 1 is 1.12 bits per heavy atom. The lowest BCUT2D eigenvalue weighted by Crippen LogP contribution is -2.37. The van der Waals surface area contributed by atoms with Crippen LogP contribution < -0.4 is 15.0 Å². The summed E-state index contributed by atoms with van der Waals surface area (Å²) in [5.74, 6) is 0.500. The Morgan fingerprint density at radius 2 is 1.88 bits per heavy atom. The number of hydrogen-bond donors (Lipinski definition) is 1. The molecule has 2 aromatic rings. The van der Waals surface area contributed by atoms with E-state index in [9.17, 15) is 9.59 Å². The quantitative estimate of drug-likeness (QED) is 0.940. The van der Waals surface area contributed by atoms with E-state index in [4.69, 9.17) is 4.74 Å². The van der Waals surface area contributed by atoms with Gasteiger partial charge in [-0.2, -0.15) is 0 Å². The van der Waals surface area contributed by atoms with E-state index in [0.717, 1.165) is 29.8 Å². The molecule has 0 atom stereocenters. The number of aryl methyl sites for hydroxylation is 1. The maximum absolute atomic E-state index is 12.4. The highest BCUT2D eigenvalue weighted by atomic mass is 16.5. The number of nitrogens with zero attached hydrogens (tertiary/aromatic N) is 1. The monoisotopic (exact) mass is 324 g/mol. The third-order valence-corrected chi connectivity index (χ3v) is 4.10. The second-order valence-corrected chi connectivity index (χ2v) is 5.74. The van der Waals surface area contributed by atoms with Gasteiger partial charge in [-0.3, -0.25) is 9.59 Å². The van der Waals surface area contributed by atoms with Crippen molar-refractivity contribution < 1.29 is 14.3 Å². The van der Waals surface area contributed by atoms with Crippen LogP contribution in [0.5, 0.6) is 5.75 Å². The number of carbonyl (C=O) groups excluding carboxylic acids is 2. The van der Waals surface area contributed by atoms with Crippen molar-refractivity contribution in [3.05, 3.63) is 54.1 Å². The van der Waals surface area contributed by atoms with Crippen molar-refractivity contribution in [1.29, 1.82) is 0 Å². The minimum absolute atomic E-state index is 0.00942. The molecule has 0 aromatic heterocycles. The molecule has 1 N–H and O–H groups in total. The molecule has 5 heteroatoms. The molecule has 24 heavy (non-hydrogen) atoms. The second kappa shape index (κ2) is 7.17. The lowest BCUT2D eigenvalue weighted by atomic mass is 10.1. The fourth-order valence-electron chi connectivity index (χ4n) is 2.88. The lowest BCUT2D eigenvalue weighted by Gasteiger charge is -2.22. The van der Waals surface area contributed by atoms with Gasteiger partial charge in [-0.15, -0.1) is 0 Å². The van der Waals surface area contributed by atoms with E-state index in [0.29, 0.717) is 12.1 Å². The molecule has 0 bridgehead atoms. The molecule has 1 aliphatic heterocycles. The van der Waals surface area contributed by atoms with Crippen molar-refractivity contribution in [3.63, 3.8) is 0 Å². The largest absolute Gasteiger partial charge is 0.497 e. The molecule has 5 nitrogen and oxygen atoms in total. The number of nitrogens with one attached hydrogen (secondary N) is 1. The number of hydrogen-bond acceptors (Lipinski definition) is 3. The summed E-state index contributed by atoms with van der Waals surface area (Å²) in [6.07, 6.45) is 2.13. The minimum atomic E-state index is -0.217. The van der Waals surface area contributed by atoms with Crippen LogP contribution >= 0.6 is 0 Å². The van der Waals surface area contributed by atoms with Crippen LogP contribution in [0.25, 0.3) is 0 Å². The first-order chi connectivity index (χ1) is 11.7. The Labute approximate surface area is 141 Å². The Hall–Kier alpha value is -2.82. The third kappa shape index (κ3) is 3.56. The Kier molecular flexibility index (Phi) is 4.79. The van der Waals surface area contributed by atoms with E-state index in [1.165, 1.54) is 0 Å². The van der Waals surface area contributed by atoms with E-state index in [-0.39, 0.29) is 18.4 Å². The normalized spacial score (nSPS) is 13.9. The highest BCUT2D eigenvalue weighted by molar-refractivity contribution is 6.03. The molecular formula is C19H20N2O3. The zero-order valence-electron chi connectivity index (χ0n) is 13.6. The van der Waals surface area contributed by atoms with Gasteiger partial charge in [0.25, 0.3) is 0 Å². The number of rotatable bonds is 4. The molecule has 0 unspecified atom stereocenters. The fourth-order valence-corrected chi connectivity index (χ4v) is 2.88. The maximum Gasteiger partial charge on any atom is 0.244 e. The molecule has 0 saturated carbocycles. The van der Waals surface area contributed by atoms with E-state index >= 15 is 0 Å². The fraction of sp³-hybridized carbons (Fsp3) is 0.263. The summed E-state index contributed by atoms with van der Waals surface area (Å²) in [7, 11) is 1.59. The molecule has 0 fully saturated rings. The summed E-state index contributed by atoms with van der Waals surface area (Å²) in [6, 6.07) is 14.9. The van der Waals surface area contributed by atoms with Crippen LogP contribution in [0.1, 0.15) is 18.4 Å². The van der Waals surface area contributed by atoms with Gasteiger partial charge in [0, 0.05) is 17.8 Å². The van der Waals surface area contributed by atoms with Crippen LogP contribution in [0, 0.1) is 0 Å². The molecule has 3 rings (SSSR count). The lowest BCUT2D eigenvalue weighted by molar-refractivity contribution is -0.121. The summed E-state index contributed by atoms with van der Waals surface area (Å²) in [4.78, 5) is 26.3. The Balaban J connectivity index is 1.73. The highest BCUT2D eigenvalue weighted by Gasteiger charge is 2.23. The van der Waals surface area contributed by atoms with Crippen LogP contribution in [-0.2, 0) is 16.0 Å². The number of anilines is 2. The van der Waals surface area contributed by atoms with Crippen LogP contribution in [0.15, 0.2) is 48.5 Å². The van der Waals surface area contributed by atoms with Crippen molar-refractivity contribution in [2.45, 2.75) is 19.3 Å². The smallest absolute Gasteiger partial charge is 0.244 e. The standard InChI is InChI=1S/C19H20N2O3/c1-24-16-11-9-15(10-12-16)20-18(22)13-21-17-7-3-2-5-14(17)6-4-8-19(21)23/h2-3,5,7,9-12H,4,6,8,13H2,1H3,(H,20,22). The number of methoxy groups -OCH3 is 1. The molecule has 124 valence electrons. The van der Waals surface area contributed by atoms with Gasteiger partial charge in [0.15, 0.2) is 0 Å². The average molecular weight is 324 g/mol. The van der Waals surface area contributed by atoms with E-state index in [1.54, 1.807) is 36.3 Å². The maximum atomic E-state index is 12.4. The molecule has 0 aliphatic carbocycles. The van der Waals surface area contributed by atoms with Gasteiger partial charge in [-0.05, 0) is 48.7 Å². The zero-order chi connectivity index (χ0) is 16.9. The summed E-state index contributed by atoms with van der Waals surface area (Å²) < 4.78 is 5.10. The molecular weight excluding hydrogens is 304 g/mol. The van der Waals surface area contributed by atoms with Gasteiger partial charge in [0.1, 0.15) is 12.3 Å². The second-order valence-electron chi connectivity index (χ2n) is 5.74. The molecule has 1 heterocycles. The molecule has 0 saturated heterocycles. The van der Waals surface area contributed by atoms with Crippen molar-refractivity contribution in [2.24, 2.45) is 0 Å². The van der Waals surface area contributed by atoms with Crippen LogP contribution in [-0.4, -0.2) is 25.5 Å². The van der Waals surface area contributed by atoms with Crippen LogP contribution in [0.4, 0.5) is 11.4 Å². The van der Waals surface area contributed by atoms with Gasteiger partial charge in [-0.25, -0.2) is 0 Å². The molecule has 0 radical (unpaired) electrons. The summed E-state index contributed by atoms with van der Waals surface area (Å²) in [5, 5.41) is 2.82. The van der Waals surface area contributed by atoms with Gasteiger partial charge < -0.3 is 15.0 Å². The predicted molar refractivity (Wildman–Crippen MR) is 93.4 cm³/mol. The van der Waals surface area contributed by atoms with E-state index in [1.807, 2.05) is 24.3 Å². The van der Waals surface area contributed by atoms with Crippen LogP contribution in [0.3, 0.4) is 0 Å². The number of amides is 2. The summed E-state index contributed by atoms with van der Waals surface area (Å²) in [5.41, 5.74) is 2.63. The number of carbonyl (C=O) groups is 2. The van der Waals surface area contributed by atoms with Crippen molar-refractivity contribution in [1.82, 2.24) is 0 Å². The first-order valence-electron chi connectivity index (χ1n) is 7.99. The van der Waals surface area contributed by atoms with E-state index in [2.05, 4.69) is 5.32 Å². The van der Waals surface area contributed by atoms with Crippen molar-refractivity contribution >= 4 is 23.2 Å². The third-order valence-electron chi connectivity index (χ3n) is 4.10. The first kappa shape index (κ1) is 16.1. The average Bonchev–Trinajstić information content (AvgIpc) is 2.75. The minimum Gasteiger partial charge on any atom is -0.497 e. The van der Waals surface area contributed by atoms with Gasteiger partial charge >= 0.3 is 0 Å². The topological polar surface area (TPSA) is 58.6 Å². The Bertz CT molecular complexity index is 741. The van der Waals surface area contributed by atoms with Gasteiger partial charge in [-0.1, -0.05) is 18.2 Å². The predicted octanol–water partition coefficient (Wildman–Crippen LogP) is 3.00. The van der Waals surface area contributed by atoms with Crippen molar-refractivity contribution in [3.8, 4) is 5.75 Å². The summed E-state index contributed by atoms with van der Waals surface area (Å²) >= 11 is 0. The van der Waals surface area contributed by atoms with Gasteiger partial charge in [0.05, 0.1) is 7.11 Å². The first-order valence-corrected chi connectivity index (χ1v) is 7.99. The van der Waals surface area contributed by atoms with Crippen molar-refractivity contribution in [2.75, 3.05) is 23.9 Å². The molecule has 2 amide bonds. The number of ether oxygens (including phenoxy) is 1. The molecule has 1 aliphatic rings. The number of benzene rings is 2. The summed E-state index contributed by atoms with van der Waals surface area (Å²) in [6.45, 7) is 0.0157. The molecule has 0 spiro atoms. The number of para-hydroxylation sites is 1. The zero-order valence-corrected chi connectivity index (χ0v) is 13.6.